The van der Waals surface area contributed by atoms with Crippen LogP contribution in [0.1, 0.15) is 35.2 Å². The van der Waals surface area contributed by atoms with Gasteiger partial charge in [-0.25, -0.2) is 0 Å². The predicted molar refractivity (Wildman–Crippen MR) is 85.8 cm³/mol. The molecule has 0 aliphatic carbocycles. The minimum atomic E-state index is -0.0217. The molecule has 0 radical (unpaired) electrons. The fourth-order valence-corrected chi connectivity index (χ4v) is 2.31. The number of methoxy groups -OCH3 is 1. The number of rotatable bonds is 5. The van der Waals surface area contributed by atoms with Gasteiger partial charge in [0.15, 0.2) is 11.5 Å². The van der Waals surface area contributed by atoms with Gasteiger partial charge in [0.25, 0.3) is 0 Å². The lowest BCUT2D eigenvalue weighted by molar-refractivity contribution is 0.283. The summed E-state index contributed by atoms with van der Waals surface area (Å²) in [7, 11) is 1.65. The van der Waals surface area contributed by atoms with E-state index in [9.17, 15) is 0 Å². The minimum Gasteiger partial charge on any atom is -0.493 e. The van der Waals surface area contributed by atoms with Gasteiger partial charge in [0.1, 0.15) is 6.61 Å². The molecular formula is C18H23NO2. The van der Waals surface area contributed by atoms with Gasteiger partial charge in [0, 0.05) is 6.04 Å². The third kappa shape index (κ3) is 3.56. The Balaban J connectivity index is 2.20. The lowest BCUT2D eigenvalue weighted by Gasteiger charge is -2.15. The molecule has 1 unspecified atom stereocenters. The van der Waals surface area contributed by atoms with Crippen LogP contribution in [0.2, 0.25) is 0 Å². The molecule has 0 saturated carbocycles. The Bertz CT molecular complexity index is 600. The molecule has 0 aliphatic rings. The van der Waals surface area contributed by atoms with Gasteiger partial charge < -0.3 is 15.2 Å². The Morgan fingerprint density at radius 1 is 1.05 bits per heavy atom. The van der Waals surface area contributed by atoms with Gasteiger partial charge in [0.05, 0.1) is 7.11 Å². The van der Waals surface area contributed by atoms with E-state index in [-0.39, 0.29) is 6.04 Å². The van der Waals surface area contributed by atoms with Crippen molar-refractivity contribution in [3.05, 3.63) is 58.7 Å². The zero-order valence-corrected chi connectivity index (χ0v) is 13.1. The van der Waals surface area contributed by atoms with Gasteiger partial charge in [-0.3, -0.25) is 0 Å². The van der Waals surface area contributed by atoms with Crippen LogP contribution in [0.15, 0.2) is 36.4 Å². The smallest absolute Gasteiger partial charge is 0.161 e. The maximum absolute atomic E-state index is 5.94. The molecule has 0 aliphatic heterocycles. The van der Waals surface area contributed by atoms with Crippen LogP contribution in [0.25, 0.3) is 0 Å². The third-order valence-electron chi connectivity index (χ3n) is 3.73. The first-order valence-corrected chi connectivity index (χ1v) is 7.14. The van der Waals surface area contributed by atoms with Crippen molar-refractivity contribution in [1.82, 2.24) is 0 Å². The second-order valence-corrected chi connectivity index (χ2v) is 5.36. The number of ether oxygens (including phenoxy) is 2. The van der Waals surface area contributed by atoms with Crippen molar-refractivity contribution >= 4 is 0 Å². The molecule has 0 amide bonds. The van der Waals surface area contributed by atoms with E-state index >= 15 is 0 Å². The standard InChI is InChI=1S/C18H23NO2/c1-12-6-5-7-13(2)16(12)11-21-17-9-8-15(14(3)19)10-18(17)20-4/h5-10,14H,11,19H2,1-4H3. The summed E-state index contributed by atoms with van der Waals surface area (Å²) in [5, 5.41) is 0. The number of nitrogens with two attached hydrogens (primary N) is 1. The summed E-state index contributed by atoms with van der Waals surface area (Å²) >= 11 is 0. The van der Waals surface area contributed by atoms with Crippen LogP contribution < -0.4 is 15.2 Å². The molecule has 2 rings (SSSR count). The van der Waals surface area contributed by atoms with Crippen molar-refractivity contribution in [3.63, 3.8) is 0 Å². The molecule has 0 saturated heterocycles. The average molecular weight is 285 g/mol. The molecule has 0 fully saturated rings. The second-order valence-electron chi connectivity index (χ2n) is 5.36. The van der Waals surface area contributed by atoms with Gasteiger partial charge in [-0.1, -0.05) is 24.3 Å². The fourth-order valence-electron chi connectivity index (χ4n) is 2.31. The minimum absolute atomic E-state index is 0.0217. The highest BCUT2D eigenvalue weighted by molar-refractivity contribution is 5.44. The van der Waals surface area contributed by atoms with E-state index in [4.69, 9.17) is 15.2 Å². The first-order valence-electron chi connectivity index (χ1n) is 7.14. The number of aryl methyl sites for hydroxylation is 2. The maximum atomic E-state index is 5.94. The highest BCUT2D eigenvalue weighted by Crippen LogP contribution is 2.31. The van der Waals surface area contributed by atoms with Gasteiger partial charge in [-0.2, -0.15) is 0 Å². The SMILES string of the molecule is COc1cc(C(C)N)ccc1OCc1c(C)cccc1C. The largest absolute Gasteiger partial charge is 0.493 e. The Morgan fingerprint density at radius 3 is 2.29 bits per heavy atom. The highest BCUT2D eigenvalue weighted by Gasteiger charge is 2.10. The monoisotopic (exact) mass is 285 g/mol. The van der Waals surface area contributed by atoms with E-state index in [2.05, 4.69) is 32.0 Å². The number of benzene rings is 2. The topological polar surface area (TPSA) is 44.5 Å². The molecule has 0 bridgehead atoms. The summed E-state index contributed by atoms with van der Waals surface area (Å²) in [5.74, 6) is 1.46. The van der Waals surface area contributed by atoms with E-state index in [0.717, 1.165) is 17.1 Å². The highest BCUT2D eigenvalue weighted by atomic mass is 16.5. The quantitative estimate of drug-likeness (QED) is 0.905. The molecule has 3 nitrogen and oxygen atoms in total. The number of hydrogen-bond acceptors (Lipinski definition) is 3. The fraction of sp³-hybridized carbons (Fsp3) is 0.333. The van der Waals surface area contributed by atoms with Crippen LogP contribution in [0.5, 0.6) is 11.5 Å². The molecule has 2 N–H and O–H groups in total. The molecule has 3 heteroatoms. The lowest BCUT2D eigenvalue weighted by atomic mass is 10.0. The van der Waals surface area contributed by atoms with Gasteiger partial charge in [0.2, 0.25) is 0 Å². The van der Waals surface area contributed by atoms with E-state index in [0.29, 0.717) is 6.61 Å². The van der Waals surface area contributed by atoms with E-state index in [1.807, 2.05) is 25.1 Å². The molecule has 1 atom stereocenters. The molecule has 2 aromatic carbocycles. The van der Waals surface area contributed by atoms with Crippen LogP contribution in [-0.2, 0) is 6.61 Å². The average Bonchev–Trinajstić information content (AvgIpc) is 2.46. The molecule has 0 heterocycles. The molecule has 21 heavy (non-hydrogen) atoms. The molecule has 112 valence electrons. The summed E-state index contributed by atoms with van der Waals surface area (Å²) in [5.41, 5.74) is 10.6. The van der Waals surface area contributed by atoms with Crippen LogP contribution in [0.4, 0.5) is 0 Å². The first-order chi connectivity index (χ1) is 10.0. The summed E-state index contributed by atoms with van der Waals surface area (Å²) < 4.78 is 11.3. The van der Waals surface area contributed by atoms with E-state index in [1.54, 1.807) is 7.11 Å². The summed E-state index contributed by atoms with van der Waals surface area (Å²) in [6.45, 7) is 6.68. The van der Waals surface area contributed by atoms with Crippen LogP contribution in [-0.4, -0.2) is 7.11 Å². The Morgan fingerprint density at radius 2 is 1.71 bits per heavy atom. The van der Waals surface area contributed by atoms with Crippen molar-refractivity contribution in [2.24, 2.45) is 5.73 Å². The first kappa shape index (κ1) is 15.4. The molecule has 0 aromatic heterocycles. The maximum Gasteiger partial charge on any atom is 0.161 e. The van der Waals surface area contributed by atoms with Crippen LogP contribution in [0.3, 0.4) is 0 Å². The van der Waals surface area contributed by atoms with Crippen LogP contribution in [0, 0.1) is 13.8 Å². The van der Waals surface area contributed by atoms with Crippen LogP contribution >= 0.6 is 0 Å². The molecular weight excluding hydrogens is 262 g/mol. The van der Waals surface area contributed by atoms with E-state index < -0.39 is 0 Å². The summed E-state index contributed by atoms with van der Waals surface area (Å²) in [6.07, 6.45) is 0. The Labute approximate surface area is 126 Å². The lowest BCUT2D eigenvalue weighted by Crippen LogP contribution is -2.06. The molecule has 0 spiro atoms. The summed E-state index contributed by atoms with van der Waals surface area (Å²) in [4.78, 5) is 0. The number of hydrogen-bond donors (Lipinski definition) is 1. The Hall–Kier alpha value is -2.00. The molecule has 2 aromatic rings. The van der Waals surface area contributed by atoms with Crippen molar-refractivity contribution in [2.75, 3.05) is 7.11 Å². The second kappa shape index (κ2) is 6.64. The normalized spacial score (nSPS) is 12.0. The summed E-state index contributed by atoms with van der Waals surface area (Å²) in [6, 6.07) is 12.1. The van der Waals surface area contributed by atoms with Crippen molar-refractivity contribution < 1.29 is 9.47 Å². The third-order valence-corrected chi connectivity index (χ3v) is 3.73. The van der Waals surface area contributed by atoms with Crippen molar-refractivity contribution in [1.29, 1.82) is 0 Å². The van der Waals surface area contributed by atoms with Gasteiger partial charge in [-0.15, -0.1) is 0 Å². The van der Waals surface area contributed by atoms with Crippen molar-refractivity contribution in [2.45, 2.75) is 33.4 Å². The zero-order valence-electron chi connectivity index (χ0n) is 13.1. The van der Waals surface area contributed by atoms with Gasteiger partial charge in [-0.05, 0) is 55.2 Å². The zero-order chi connectivity index (χ0) is 15.4. The van der Waals surface area contributed by atoms with Crippen molar-refractivity contribution in [3.8, 4) is 11.5 Å². The van der Waals surface area contributed by atoms with E-state index in [1.165, 1.54) is 16.7 Å². The van der Waals surface area contributed by atoms with Gasteiger partial charge >= 0.3 is 0 Å². The predicted octanol–water partition coefficient (Wildman–Crippen LogP) is 3.91. The Kier molecular flexibility index (Phi) is 4.86.